The van der Waals surface area contributed by atoms with Crippen LogP contribution in [0.25, 0.3) is 0 Å². The predicted octanol–water partition coefficient (Wildman–Crippen LogP) is 16.7. The number of aliphatic hydroxyl groups excluding tert-OH is 2. The van der Waals surface area contributed by atoms with Crippen LogP contribution in [-0.2, 0) is 14.3 Å². The van der Waals surface area contributed by atoms with Gasteiger partial charge in [-0.05, 0) is 83.1 Å². The summed E-state index contributed by atoms with van der Waals surface area (Å²) in [7, 11) is 0. The fourth-order valence-electron chi connectivity index (χ4n) is 7.83. The monoisotopic (exact) mass is 906 g/mol. The van der Waals surface area contributed by atoms with E-state index in [4.69, 9.17) is 4.74 Å². The maximum absolute atomic E-state index is 13.2. The molecule has 374 valence electrons. The molecule has 3 unspecified atom stereocenters. The highest BCUT2D eigenvalue weighted by molar-refractivity contribution is 5.78. The summed E-state index contributed by atoms with van der Waals surface area (Å²) in [5, 5.41) is 23.8. The van der Waals surface area contributed by atoms with Crippen LogP contribution in [0.1, 0.15) is 252 Å². The molecule has 1 amide bonds. The van der Waals surface area contributed by atoms with E-state index in [9.17, 15) is 19.8 Å². The molecule has 0 aromatic heterocycles. The number of amides is 1. The second-order valence-electron chi connectivity index (χ2n) is 18.2. The van der Waals surface area contributed by atoms with Crippen LogP contribution in [0.5, 0.6) is 0 Å². The van der Waals surface area contributed by atoms with Gasteiger partial charge in [0.25, 0.3) is 0 Å². The standard InChI is InChI=1S/C59H103NO5/c1-4-7-10-13-16-19-22-25-28-29-31-32-35-38-41-44-47-50-55(65-59(64)52-49-46-43-40-37-34-27-24-21-18-15-12-9-6-3)53-58(63)60-56(54-61)57(62)51-48-45-42-39-36-33-30-26-23-20-17-14-11-8-5-2/h7,10,16,19,25,28,31-32,34,37-38,41,47,50,55-57,61-62H,4-6,8-9,11-15,17-18,20-24,26-27,29-30,33,35-36,39-40,42-46,48-49,51-54H2,1-3H3,(H,60,63)/b10-7-,19-16-,28-25-,32-31-,37-34-,41-38-,50-47-. The maximum Gasteiger partial charge on any atom is 0.306 e. The lowest BCUT2D eigenvalue weighted by molar-refractivity contribution is -0.148. The second kappa shape index (κ2) is 52.0. The number of hydrogen-bond acceptors (Lipinski definition) is 5. The number of carbonyl (C=O) groups is 2. The van der Waals surface area contributed by atoms with Gasteiger partial charge >= 0.3 is 5.97 Å². The summed E-state index contributed by atoms with van der Waals surface area (Å²) in [6, 6.07) is -0.750. The number of nitrogens with one attached hydrogen (secondary N) is 1. The lowest BCUT2D eigenvalue weighted by Gasteiger charge is -2.23. The summed E-state index contributed by atoms with van der Waals surface area (Å²) in [6.07, 6.45) is 68.2. The number of allylic oxidation sites excluding steroid dienone is 13. The first-order valence-corrected chi connectivity index (χ1v) is 27.3. The topological polar surface area (TPSA) is 95.9 Å². The van der Waals surface area contributed by atoms with Crippen LogP contribution in [0.2, 0.25) is 0 Å². The van der Waals surface area contributed by atoms with Gasteiger partial charge in [0.05, 0.1) is 25.2 Å². The van der Waals surface area contributed by atoms with Gasteiger partial charge in [-0.15, -0.1) is 0 Å². The number of hydrogen-bond donors (Lipinski definition) is 3. The Hall–Kier alpha value is -2.96. The van der Waals surface area contributed by atoms with E-state index < -0.39 is 18.2 Å². The molecule has 0 heterocycles. The van der Waals surface area contributed by atoms with Gasteiger partial charge in [-0.25, -0.2) is 0 Å². The molecule has 0 bridgehead atoms. The van der Waals surface area contributed by atoms with Crippen LogP contribution in [0.4, 0.5) is 0 Å². The van der Waals surface area contributed by atoms with Crippen molar-refractivity contribution in [3.05, 3.63) is 85.1 Å². The third-order valence-electron chi connectivity index (χ3n) is 12.0. The van der Waals surface area contributed by atoms with Crippen molar-refractivity contribution in [2.75, 3.05) is 6.61 Å². The Morgan fingerprint density at radius 1 is 0.477 bits per heavy atom. The fourth-order valence-corrected chi connectivity index (χ4v) is 7.83. The minimum Gasteiger partial charge on any atom is -0.458 e. The molecule has 6 nitrogen and oxygen atoms in total. The Balaban J connectivity index is 4.76. The summed E-state index contributed by atoms with van der Waals surface area (Å²) in [5.74, 6) is -0.649. The predicted molar refractivity (Wildman–Crippen MR) is 282 cm³/mol. The molecule has 0 aliphatic heterocycles. The van der Waals surface area contributed by atoms with Gasteiger partial charge in [0.2, 0.25) is 5.91 Å². The Morgan fingerprint density at radius 2 is 0.862 bits per heavy atom. The van der Waals surface area contributed by atoms with Crippen molar-refractivity contribution >= 4 is 11.9 Å². The van der Waals surface area contributed by atoms with Crippen molar-refractivity contribution in [3.8, 4) is 0 Å². The average molecular weight is 906 g/mol. The molecule has 6 heteroatoms. The molecule has 0 spiro atoms. The fraction of sp³-hybridized carbons (Fsp3) is 0.729. The molecule has 0 aliphatic rings. The van der Waals surface area contributed by atoms with Crippen molar-refractivity contribution in [1.82, 2.24) is 5.32 Å². The zero-order chi connectivity index (χ0) is 47.4. The van der Waals surface area contributed by atoms with E-state index in [0.717, 1.165) is 83.5 Å². The minimum absolute atomic E-state index is 0.0559. The van der Waals surface area contributed by atoms with Gasteiger partial charge in [-0.1, -0.05) is 241 Å². The quantitative estimate of drug-likeness (QED) is 0.0321. The molecular formula is C59H103NO5. The van der Waals surface area contributed by atoms with Gasteiger partial charge in [-0.2, -0.15) is 0 Å². The normalized spacial score (nSPS) is 13.9. The van der Waals surface area contributed by atoms with Gasteiger partial charge in [-0.3, -0.25) is 9.59 Å². The molecule has 3 N–H and O–H groups in total. The van der Waals surface area contributed by atoms with Gasteiger partial charge in [0.1, 0.15) is 6.10 Å². The third-order valence-corrected chi connectivity index (χ3v) is 12.0. The molecule has 0 saturated heterocycles. The van der Waals surface area contributed by atoms with Crippen molar-refractivity contribution in [2.24, 2.45) is 0 Å². The summed E-state index contributed by atoms with van der Waals surface area (Å²) >= 11 is 0. The molecule has 65 heavy (non-hydrogen) atoms. The summed E-state index contributed by atoms with van der Waals surface area (Å²) in [4.78, 5) is 26.1. The number of ether oxygens (including phenoxy) is 1. The zero-order valence-electron chi connectivity index (χ0n) is 42.6. The molecule has 0 aromatic carbocycles. The molecule has 0 radical (unpaired) electrons. The molecule has 0 rings (SSSR count). The van der Waals surface area contributed by atoms with Crippen LogP contribution in [0, 0.1) is 0 Å². The van der Waals surface area contributed by atoms with Crippen LogP contribution >= 0.6 is 0 Å². The van der Waals surface area contributed by atoms with Gasteiger partial charge < -0.3 is 20.3 Å². The molecule has 3 atom stereocenters. The second-order valence-corrected chi connectivity index (χ2v) is 18.2. The molecule has 0 aromatic rings. The number of rotatable bonds is 48. The summed E-state index contributed by atoms with van der Waals surface area (Å²) in [5.41, 5.74) is 0. The lowest BCUT2D eigenvalue weighted by Crippen LogP contribution is -2.46. The maximum atomic E-state index is 13.2. The molecule has 0 aliphatic carbocycles. The van der Waals surface area contributed by atoms with Crippen LogP contribution in [0.3, 0.4) is 0 Å². The van der Waals surface area contributed by atoms with Crippen molar-refractivity contribution in [1.29, 1.82) is 0 Å². The van der Waals surface area contributed by atoms with Crippen molar-refractivity contribution in [2.45, 2.75) is 270 Å². The van der Waals surface area contributed by atoms with Gasteiger partial charge in [0.15, 0.2) is 0 Å². The highest BCUT2D eigenvalue weighted by Crippen LogP contribution is 2.16. The lowest BCUT2D eigenvalue weighted by atomic mass is 10.0. The van der Waals surface area contributed by atoms with E-state index in [1.807, 2.05) is 6.08 Å². The Kier molecular flexibility index (Phi) is 49.6. The van der Waals surface area contributed by atoms with Crippen molar-refractivity contribution < 1.29 is 24.5 Å². The first-order valence-electron chi connectivity index (χ1n) is 27.3. The minimum atomic E-state index is -0.826. The SMILES string of the molecule is CC/C=C\C/C=C\C/C=C\C/C=C\C/C=C\C/C=C\C(CC(=O)NC(CO)C(O)CCCCCCCCCCCCCCCCC)OC(=O)CCCCC/C=C\CCCCCCCCC. The molecular weight excluding hydrogens is 803 g/mol. The number of unbranched alkanes of at least 4 members (excludes halogenated alkanes) is 24. The van der Waals surface area contributed by atoms with E-state index in [2.05, 4.69) is 99.0 Å². The zero-order valence-corrected chi connectivity index (χ0v) is 42.6. The van der Waals surface area contributed by atoms with Crippen molar-refractivity contribution in [3.63, 3.8) is 0 Å². The third kappa shape index (κ3) is 47.3. The van der Waals surface area contributed by atoms with Gasteiger partial charge in [0, 0.05) is 6.42 Å². The summed E-state index contributed by atoms with van der Waals surface area (Å²) in [6.45, 7) is 6.33. The Bertz CT molecular complexity index is 1250. The van der Waals surface area contributed by atoms with E-state index >= 15 is 0 Å². The number of carbonyl (C=O) groups excluding carboxylic acids is 2. The van der Waals surface area contributed by atoms with Crippen LogP contribution in [0.15, 0.2) is 85.1 Å². The van der Waals surface area contributed by atoms with E-state index in [1.165, 1.54) is 122 Å². The first-order chi connectivity index (χ1) is 32.0. The Morgan fingerprint density at radius 3 is 1.29 bits per heavy atom. The smallest absolute Gasteiger partial charge is 0.306 e. The largest absolute Gasteiger partial charge is 0.458 e. The van der Waals surface area contributed by atoms with E-state index in [-0.39, 0.29) is 24.9 Å². The highest BCUT2D eigenvalue weighted by Gasteiger charge is 2.23. The average Bonchev–Trinajstić information content (AvgIpc) is 3.30. The first kappa shape index (κ1) is 62.0. The summed E-state index contributed by atoms with van der Waals surface area (Å²) < 4.78 is 5.83. The number of esters is 1. The van der Waals surface area contributed by atoms with Crippen LogP contribution in [-0.4, -0.2) is 46.9 Å². The van der Waals surface area contributed by atoms with Crippen LogP contribution < -0.4 is 5.32 Å². The Labute approximate surface area is 402 Å². The van der Waals surface area contributed by atoms with E-state index in [0.29, 0.717) is 19.3 Å². The molecule has 0 fully saturated rings. The van der Waals surface area contributed by atoms with E-state index in [1.54, 1.807) is 6.08 Å². The number of aliphatic hydroxyl groups is 2. The highest BCUT2D eigenvalue weighted by atomic mass is 16.5. The molecule has 0 saturated carbocycles.